The second-order valence-corrected chi connectivity index (χ2v) is 16.1. The first kappa shape index (κ1) is 41.2. The zero-order chi connectivity index (χ0) is 41.9. The number of halogens is 8. The van der Waals surface area contributed by atoms with Gasteiger partial charge in [0.05, 0.1) is 33.1 Å². The van der Waals surface area contributed by atoms with Crippen molar-refractivity contribution in [2.75, 3.05) is 22.8 Å². The van der Waals surface area contributed by atoms with Crippen molar-refractivity contribution in [3.8, 4) is 11.1 Å². The normalized spacial score (nSPS) is 15.6. The predicted octanol–water partition coefficient (Wildman–Crippen LogP) is 8.61. The van der Waals surface area contributed by atoms with Crippen molar-refractivity contribution in [2.45, 2.75) is 69.6 Å². The molecule has 1 aliphatic rings. The molecule has 0 fully saturated rings. The van der Waals surface area contributed by atoms with E-state index in [9.17, 15) is 36.2 Å². The van der Waals surface area contributed by atoms with Crippen molar-refractivity contribution in [3.05, 3.63) is 82.3 Å². The van der Waals surface area contributed by atoms with E-state index in [0.29, 0.717) is 43.7 Å². The van der Waals surface area contributed by atoms with Gasteiger partial charge in [0.15, 0.2) is 16.6 Å². The minimum absolute atomic E-state index is 0.0364. The zero-order valence-corrected chi connectivity index (χ0v) is 32.7. The zero-order valence-electron chi connectivity index (χ0n) is 31.1. The SMILES string of the molecule is CSNc1nn(C)c2c(-c3cc4sc(NCC(C)(C)O)nc4nc3C(Cc3cc(F)cc(F)c3)NC(=O)Cn3nc(C(F)F)c4c3C(F)(F)CCC4(F)F)cccc12. The van der Waals surface area contributed by atoms with E-state index in [-0.39, 0.29) is 34.6 Å². The summed E-state index contributed by atoms with van der Waals surface area (Å²) >= 11 is 2.52. The van der Waals surface area contributed by atoms with E-state index in [1.807, 2.05) is 12.3 Å². The molecule has 308 valence electrons. The molecule has 4 heterocycles. The molecule has 0 saturated heterocycles. The van der Waals surface area contributed by atoms with Gasteiger partial charge in [-0.2, -0.15) is 19.0 Å². The standard InChI is InChI=1S/C37H35F8N9O2S2/c1-35(2,56)16-46-34-49-33-24(58-34)14-22(20-6-5-7-21-29(20)53(3)51-32(21)52-57-4)27(48-33)23(12-17-10-18(38)13-19(39)11-17)47-25(55)15-54-30-26(28(50-54)31(40)41)36(42,43)8-9-37(30,44)45/h5-7,10-11,13-14,23,31,56H,8-9,12,15-16H2,1-4H3,(H,47,55)(H,51,52)(H,46,48,49). The first-order valence-corrected chi connectivity index (χ1v) is 19.7. The van der Waals surface area contributed by atoms with Gasteiger partial charge in [0, 0.05) is 55.3 Å². The molecule has 6 aromatic rings. The molecule has 1 aliphatic carbocycles. The Hall–Kier alpha value is -5.02. The number of carbonyl (C=O) groups excluding carboxylic acids is 1. The minimum Gasteiger partial charge on any atom is -0.389 e. The van der Waals surface area contributed by atoms with Gasteiger partial charge in [0.25, 0.3) is 18.3 Å². The van der Waals surface area contributed by atoms with Crippen LogP contribution < -0.4 is 15.4 Å². The van der Waals surface area contributed by atoms with Gasteiger partial charge in [0.1, 0.15) is 29.6 Å². The number of rotatable bonds is 13. The summed E-state index contributed by atoms with van der Waals surface area (Å²) in [6.45, 7) is 2.11. The third-order valence-corrected chi connectivity index (χ3v) is 10.8. The number of nitrogens with one attached hydrogen (secondary N) is 3. The number of amides is 1. The Balaban J connectivity index is 1.39. The predicted molar refractivity (Wildman–Crippen MR) is 204 cm³/mol. The smallest absolute Gasteiger partial charge is 0.290 e. The third-order valence-electron chi connectivity index (χ3n) is 9.41. The number of para-hydroxylation sites is 1. The lowest BCUT2D eigenvalue weighted by molar-refractivity contribution is -0.123. The Bertz CT molecular complexity index is 2510. The molecule has 0 aliphatic heterocycles. The highest BCUT2D eigenvalue weighted by molar-refractivity contribution is 7.99. The van der Waals surface area contributed by atoms with Crippen LogP contribution in [0.1, 0.15) is 67.4 Å². The average Bonchev–Trinajstić information content (AvgIpc) is 3.82. The van der Waals surface area contributed by atoms with E-state index in [0.717, 1.165) is 12.1 Å². The van der Waals surface area contributed by atoms with Gasteiger partial charge in [0.2, 0.25) is 5.91 Å². The topological polar surface area (TPSA) is 135 Å². The molecule has 11 nitrogen and oxygen atoms in total. The van der Waals surface area contributed by atoms with E-state index in [2.05, 4.69) is 30.5 Å². The number of alkyl halides is 6. The molecule has 58 heavy (non-hydrogen) atoms. The average molecular weight is 854 g/mol. The summed E-state index contributed by atoms with van der Waals surface area (Å²) in [6, 6.07) is 8.43. The molecule has 1 amide bonds. The van der Waals surface area contributed by atoms with Gasteiger partial charge in [-0.25, -0.2) is 36.3 Å². The molecule has 0 bridgehead atoms. The summed E-state index contributed by atoms with van der Waals surface area (Å²) in [7, 11) is 1.71. The summed E-state index contributed by atoms with van der Waals surface area (Å²) in [5.74, 6) is -10.6. The largest absolute Gasteiger partial charge is 0.389 e. The number of hydrogen-bond donors (Lipinski definition) is 4. The molecule has 0 spiro atoms. The van der Waals surface area contributed by atoms with Crippen LogP contribution in [0.3, 0.4) is 0 Å². The number of pyridine rings is 1. The van der Waals surface area contributed by atoms with Crippen LogP contribution in [0.15, 0.2) is 42.5 Å². The molecular formula is C37H35F8N9O2S2. The second kappa shape index (κ2) is 15.3. The van der Waals surface area contributed by atoms with Crippen LogP contribution in [0.25, 0.3) is 32.4 Å². The first-order chi connectivity index (χ1) is 27.2. The summed E-state index contributed by atoms with van der Waals surface area (Å²) in [5, 5.41) is 25.1. The van der Waals surface area contributed by atoms with Crippen LogP contribution in [0.2, 0.25) is 0 Å². The fourth-order valence-corrected chi connectivity index (χ4v) is 8.23. The third kappa shape index (κ3) is 8.15. The van der Waals surface area contributed by atoms with Gasteiger partial charge in [-0.05, 0) is 50.1 Å². The molecule has 1 atom stereocenters. The van der Waals surface area contributed by atoms with Crippen LogP contribution >= 0.6 is 23.3 Å². The Kier molecular flexibility index (Phi) is 10.9. The second-order valence-electron chi connectivity index (χ2n) is 14.5. The monoisotopic (exact) mass is 853 g/mol. The van der Waals surface area contributed by atoms with Crippen LogP contribution in [0, 0.1) is 11.6 Å². The number of benzene rings is 2. The summed E-state index contributed by atoms with van der Waals surface area (Å²) in [5.41, 5.74) is -3.96. The van der Waals surface area contributed by atoms with Crippen molar-refractivity contribution in [3.63, 3.8) is 0 Å². The lowest BCUT2D eigenvalue weighted by Crippen LogP contribution is -2.37. The Labute approximate surface area is 333 Å². The highest BCUT2D eigenvalue weighted by atomic mass is 32.2. The Morgan fingerprint density at radius 2 is 1.71 bits per heavy atom. The number of anilines is 2. The summed E-state index contributed by atoms with van der Waals surface area (Å²) < 4.78 is 123. The molecule has 21 heteroatoms. The number of carbonyl (C=O) groups is 1. The Morgan fingerprint density at radius 1 is 1.00 bits per heavy atom. The van der Waals surface area contributed by atoms with Crippen molar-refractivity contribution < 1.29 is 45.0 Å². The van der Waals surface area contributed by atoms with Crippen molar-refractivity contribution >= 4 is 61.4 Å². The molecule has 4 N–H and O–H groups in total. The number of thiazole rings is 1. The fraction of sp³-hybridized carbons (Fsp3) is 0.378. The molecule has 0 saturated carbocycles. The van der Waals surface area contributed by atoms with Crippen LogP contribution in [-0.4, -0.2) is 58.9 Å². The van der Waals surface area contributed by atoms with Crippen molar-refractivity contribution in [1.82, 2.24) is 34.8 Å². The number of aryl methyl sites for hydroxylation is 1. The van der Waals surface area contributed by atoms with Crippen LogP contribution in [0.5, 0.6) is 0 Å². The minimum atomic E-state index is -4.07. The first-order valence-electron chi connectivity index (χ1n) is 17.7. The van der Waals surface area contributed by atoms with E-state index in [4.69, 9.17) is 4.98 Å². The molecule has 1 unspecified atom stereocenters. The van der Waals surface area contributed by atoms with E-state index < -0.39 is 83.8 Å². The van der Waals surface area contributed by atoms with Crippen molar-refractivity contribution in [2.24, 2.45) is 7.05 Å². The highest BCUT2D eigenvalue weighted by Crippen LogP contribution is 2.52. The number of aliphatic hydroxyl groups is 1. The maximum absolute atomic E-state index is 15.3. The van der Waals surface area contributed by atoms with Crippen LogP contribution in [-0.2, 0) is 36.7 Å². The van der Waals surface area contributed by atoms with Crippen molar-refractivity contribution in [1.29, 1.82) is 0 Å². The summed E-state index contributed by atoms with van der Waals surface area (Å²) in [6.07, 6.45) is -4.98. The molecule has 7 rings (SSSR count). The maximum Gasteiger partial charge on any atom is 0.290 e. The lowest BCUT2D eigenvalue weighted by Gasteiger charge is -2.29. The van der Waals surface area contributed by atoms with Gasteiger partial charge >= 0.3 is 0 Å². The fourth-order valence-electron chi connectivity index (χ4n) is 7.05. The summed E-state index contributed by atoms with van der Waals surface area (Å²) in [4.78, 5) is 23.4. The van der Waals surface area contributed by atoms with Gasteiger partial charge in [-0.15, -0.1) is 0 Å². The quantitative estimate of drug-likeness (QED) is 0.0666. The lowest BCUT2D eigenvalue weighted by atomic mass is 9.89. The number of hydrogen-bond acceptors (Lipinski definition) is 10. The molecule has 0 radical (unpaired) electrons. The van der Waals surface area contributed by atoms with Crippen LogP contribution in [0.4, 0.5) is 46.1 Å². The number of nitrogens with zero attached hydrogens (tertiary/aromatic N) is 6. The molecule has 2 aromatic carbocycles. The highest BCUT2D eigenvalue weighted by Gasteiger charge is 2.55. The van der Waals surface area contributed by atoms with Gasteiger partial charge in [-0.3, -0.25) is 14.2 Å². The Morgan fingerprint density at radius 3 is 2.38 bits per heavy atom. The number of fused-ring (bicyclic) bond motifs is 3. The van der Waals surface area contributed by atoms with Gasteiger partial charge < -0.3 is 20.5 Å². The van der Waals surface area contributed by atoms with E-state index >= 15 is 8.78 Å². The molecule has 4 aromatic heterocycles. The van der Waals surface area contributed by atoms with E-state index in [1.165, 1.54) is 23.3 Å². The maximum atomic E-state index is 15.3. The van der Waals surface area contributed by atoms with E-state index in [1.54, 1.807) is 43.8 Å². The number of aromatic nitrogens is 6. The molecular weight excluding hydrogens is 819 g/mol. The van der Waals surface area contributed by atoms with Gasteiger partial charge in [-0.1, -0.05) is 35.4 Å².